The fraction of sp³-hybridized carbons (Fsp3) is 0.431. The van der Waals surface area contributed by atoms with E-state index in [2.05, 4.69) is 20.6 Å². The number of aromatic nitrogens is 2. The lowest BCUT2D eigenvalue weighted by molar-refractivity contribution is -0.162. The van der Waals surface area contributed by atoms with Crippen LogP contribution in [-0.4, -0.2) is 160 Å². The van der Waals surface area contributed by atoms with E-state index < -0.39 is 97.2 Å². The van der Waals surface area contributed by atoms with Crippen molar-refractivity contribution < 1.29 is 64.7 Å². The van der Waals surface area contributed by atoms with Gasteiger partial charge in [-0.2, -0.15) is 18.3 Å². The lowest BCUT2D eigenvalue weighted by atomic mass is 9.92. The van der Waals surface area contributed by atoms with Crippen molar-refractivity contribution in [3.05, 3.63) is 106 Å². The van der Waals surface area contributed by atoms with E-state index in [-0.39, 0.29) is 58.8 Å². The molecule has 5 heterocycles. The van der Waals surface area contributed by atoms with Crippen LogP contribution in [0.3, 0.4) is 0 Å². The average Bonchev–Trinajstić information content (AvgIpc) is 4.03. The molecule has 4 aliphatic heterocycles. The Bertz CT molecular complexity index is 2940. The van der Waals surface area contributed by atoms with Gasteiger partial charge < -0.3 is 29.7 Å². The number of aldehydes is 1. The monoisotopic (exact) mass is 1050 g/mol. The first-order chi connectivity index (χ1) is 35.7. The molecule has 1 aliphatic carbocycles. The van der Waals surface area contributed by atoms with Crippen LogP contribution < -0.4 is 15.5 Å². The molecule has 3 aromatic carbocycles. The molecule has 0 saturated carbocycles. The van der Waals surface area contributed by atoms with Gasteiger partial charge in [-0.25, -0.2) is 18.0 Å². The van der Waals surface area contributed by atoms with Crippen LogP contribution in [0.5, 0.6) is 0 Å². The number of imide groups is 2. The number of alkyl halides is 4. The summed E-state index contributed by atoms with van der Waals surface area (Å²) in [6.07, 6.45) is -2.00. The third-order valence-corrected chi connectivity index (χ3v) is 14.6. The average molecular weight is 1050 g/mol. The zero-order valence-electron chi connectivity index (χ0n) is 40.6. The molecule has 0 spiro atoms. The van der Waals surface area contributed by atoms with Gasteiger partial charge in [0, 0.05) is 84.0 Å². The van der Waals surface area contributed by atoms with E-state index in [9.17, 15) is 55.9 Å². The van der Waals surface area contributed by atoms with Crippen molar-refractivity contribution in [2.45, 2.75) is 69.1 Å². The zero-order valence-corrected chi connectivity index (χ0v) is 40.6. The Morgan fingerprint density at radius 3 is 2.25 bits per heavy atom. The lowest BCUT2D eigenvalue weighted by Gasteiger charge is -2.39. The molecule has 396 valence electrons. The number of likely N-dealkylation sites (N-methyl/N-ethyl adjacent to an activating group) is 1. The molecule has 3 saturated heterocycles. The molecule has 75 heavy (non-hydrogen) atoms. The van der Waals surface area contributed by atoms with Crippen molar-refractivity contribution in [1.29, 1.82) is 0 Å². The van der Waals surface area contributed by atoms with Gasteiger partial charge >= 0.3 is 12.2 Å². The summed E-state index contributed by atoms with van der Waals surface area (Å²) in [6.45, 7) is 0.916. The maximum Gasteiger partial charge on any atom is 0.406 e. The van der Waals surface area contributed by atoms with E-state index in [0.717, 1.165) is 54.4 Å². The van der Waals surface area contributed by atoms with Crippen molar-refractivity contribution >= 4 is 53.4 Å². The Kier molecular flexibility index (Phi) is 14.6. The molecule has 3 atom stereocenters. The molecular formula is C51H52F6N10O8. The van der Waals surface area contributed by atoms with Gasteiger partial charge in [-0.15, -0.1) is 0 Å². The smallest absolute Gasteiger partial charge is 0.367 e. The van der Waals surface area contributed by atoms with Crippen molar-refractivity contribution in [3.8, 4) is 11.1 Å². The molecule has 2 unspecified atom stereocenters. The third kappa shape index (κ3) is 11.1. The maximum atomic E-state index is 15.8. The second-order valence-electron chi connectivity index (χ2n) is 19.7. The van der Waals surface area contributed by atoms with Crippen LogP contribution in [0.4, 0.5) is 36.8 Å². The number of nitrogens with one attached hydrogen (secondary N) is 2. The number of urea groups is 1. The van der Waals surface area contributed by atoms with Gasteiger partial charge in [0.2, 0.25) is 23.6 Å². The molecule has 8 amide bonds. The molecule has 24 heteroatoms. The van der Waals surface area contributed by atoms with E-state index in [1.165, 1.54) is 41.2 Å². The van der Waals surface area contributed by atoms with Crippen LogP contribution in [-0.2, 0) is 42.6 Å². The summed E-state index contributed by atoms with van der Waals surface area (Å²) < 4.78 is 86.5. The van der Waals surface area contributed by atoms with Crippen LogP contribution in [0.15, 0.2) is 67.0 Å². The Labute approximate surface area is 425 Å². The summed E-state index contributed by atoms with van der Waals surface area (Å²) in [6, 6.07) is 9.37. The molecule has 18 nitrogen and oxygen atoms in total. The molecule has 9 rings (SSSR count). The summed E-state index contributed by atoms with van der Waals surface area (Å²) >= 11 is 0. The molecule has 0 bridgehead atoms. The first-order valence-corrected chi connectivity index (χ1v) is 24.4. The number of carbonyl (C=O) groups excluding carboxylic acids is 8. The number of hydrogen-bond acceptors (Lipinski definition) is 11. The van der Waals surface area contributed by atoms with Gasteiger partial charge in [-0.1, -0.05) is 24.3 Å². The zero-order chi connectivity index (χ0) is 53.5. The normalized spacial score (nSPS) is 21.2. The summed E-state index contributed by atoms with van der Waals surface area (Å²) in [5.74, 6) is -4.92. The van der Waals surface area contributed by atoms with Gasteiger partial charge in [0.25, 0.3) is 11.8 Å². The topological polar surface area (TPSA) is 198 Å². The standard InChI is InChI=1S/C51H52F6N10O8/c1-61(26-44(70)65(28-51(55,56)57)24-30-2-5-34(52)6-3-30)49(75)60-50(29-68)21-40(54)37-18-32(4-7-38(37)50)33-22-58-66(25-33)27-45(71)64-12-10-31(11-13-64)23-62-14-16-63(17-15-62)42-20-36-35(19-39(42)53)47(73)67(48(36)74)41-8-9-43(69)59-46(41)72/h2-7,18-20,22,25,29,31,40-41H,8-17,21,23-24,26-28H2,1H3,(H,60,75)(H,59,69,72)/t40?,41?,50-/m1/s1. The number of likely N-dealkylation sites (tertiary alicyclic amines) is 1. The number of hydrogen-bond donors (Lipinski definition) is 2. The molecule has 3 fully saturated rings. The number of rotatable bonds is 14. The number of piperazine rings is 1. The molecular weight excluding hydrogens is 995 g/mol. The van der Waals surface area contributed by atoms with Crippen molar-refractivity contribution in [2.75, 3.05) is 70.9 Å². The highest BCUT2D eigenvalue weighted by atomic mass is 19.4. The number of piperidine rings is 2. The number of anilines is 1. The fourth-order valence-electron chi connectivity index (χ4n) is 10.6. The highest BCUT2D eigenvalue weighted by Gasteiger charge is 2.48. The summed E-state index contributed by atoms with van der Waals surface area (Å²) in [5, 5.41) is 8.99. The molecule has 5 aliphatic rings. The molecule has 0 radical (unpaired) electrons. The van der Waals surface area contributed by atoms with Crippen molar-refractivity contribution in [3.63, 3.8) is 0 Å². The highest BCUT2D eigenvalue weighted by molar-refractivity contribution is 6.23. The van der Waals surface area contributed by atoms with Crippen molar-refractivity contribution in [1.82, 2.24) is 44.9 Å². The lowest BCUT2D eigenvalue weighted by Crippen LogP contribution is -2.54. The summed E-state index contributed by atoms with van der Waals surface area (Å²) in [7, 11) is 1.14. The Morgan fingerprint density at radius 2 is 1.59 bits per heavy atom. The predicted octanol–water partition coefficient (Wildman–Crippen LogP) is 4.33. The van der Waals surface area contributed by atoms with E-state index >= 15 is 8.78 Å². The van der Waals surface area contributed by atoms with Gasteiger partial charge in [0.05, 0.1) is 23.0 Å². The van der Waals surface area contributed by atoms with Gasteiger partial charge in [0.1, 0.15) is 55.3 Å². The van der Waals surface area contributed by atoms with Crippen LogP contribution in [0.2, 0.25) is 0 Å². The van der Waals surface area contributed by atoms with E-state index in [4.69, 9.17) is 0 Å². The number of carbonyl (C=O) groups is 8. The number of nitrogens with zero attached hydrogens (tertiary/aromatic N) is 8. The van der Waals surface area contributed by atoms with Crippen LogP contribution >= 0.6 is 0 Å². The van der Waals surface area contributed by atoms with Gasteiger partial charge in [0.15, 0.2) is 0 Å². The Hall–Kier alpha value is -7.63. The first kappa shape index (κ1) is 52.2. The molecule has 1 aromatic heterocycles. The first-order valence-electron chi connectivity index (χ1n) is 24.4. The number of halogens is 6. The largest absolute Gasteiger partial charge is 0.406 e. The minimum absolute atomic E-state index is 0.00730. The van der Waals surface area contributed by atoms with Gasteiger partial charge in [-0.3, -0.25) is 48.6 Å². The second-order valence-corrected chi connectivity index (χ2v) is 19.7. The van der Waals surface area contributed by atoms with E-state index in [1.807, 2.05) is 4.90 Å². The maximum absolute atomic E-state index is 15.8. The fourth-order valence-corrected chi connectivity index (χ4v) is 10.6. The Balaban J connectivity index is 0.743. The minimum Gasteiger partial charge on any atom is -0.367 e. The summed E-state index contributed by atoms with van der Waals surface area (Å²) in [4.78, 5) is 111. The van der Waals surface area contributed by atoms with E-state index in [0.29, 0.717) is 67.5 Å². The number of benzene rings is 3. The predicted molar refractivity (Wildman–Crippen MR) is 254 cm³/mol. The molecule has 4 aromatic rings. The second kappa shape index (κ2) is 20.9. The minimum atomic E-state index is -4.78. The SMILES string of the molecule is CN(CC(=O)N(Cc1ccc(F)cc1)CC(F)(F)F)C(=O)N[C@@]1(C=O)CC(F)c2cc(-c3cnn(CC(=O)N4CCC(CN5CCN(c6cc7c(cc6F)C(=O)N(C6CCC(=O)NC6=O)C7=O)CC5)CC4)c3)ccc21. The van der Waals surface area contributed by atoms with E-state index in [1.54, 1.807) is 17.2 Å². The number of fused-ring (bicyclic) bond motifs is 2. The van der Waals surface area contributed by atoms with Crippen molar-refractivity contribution in [2.24, 2.45) is 5.92 Å². The van der Waals surface area contributed by atoms with Crippen LogP contribution in [0.1, 0.15) is 75.7 Å². The Morgan fingerprint density at radius 1 is 0.893 bits per heavy atom. The van der Waals surface area contributed by atoms with Gasteiger partial charge in [-0.05, 0) is 77.8 Å². The molecule has 2 N–H and O–H groups in total. The summed E-state index contributed by atoms with van der Waals surface area (Å²) in [5.41, 5.74) is -0.261. The third-order valence-electron chi connectivity index (χ3n) is 14.6. The highest BCUT2D eigenvalue weighted by Crippen LogP contribution is 2.46. The number of amides is 8. The van der Waals surface area contributed by atoms with Crippen LogP contribution in [0.25, 0.3) is 11.1 Å². The van der Waals surface area contributed by atoms with Crippen LogP contribution in [0, 0.1) is 17.6 Å². The quantitative estimate of drug-likeness (QED) is 0.104.